The number of ether oxygens (including phenoxy) is 4. The van der Waals surface area contributed by atoms with Crippen LogP contribution in [0.5, 0.6) is 23.0 Å². The second-order valence-electron chi connectivity index (χ2n) is 16.5. The van der Waals surface area contributed by atoms with Gasteiger partial charge >= 0.3 is 11.9 Å². The van der Waals surface area contributed by atoms with E-state index >= 15 is 0 Å². The lowest BCUT2D eigenvalue weighted by molar-refractivity contribution is 0.0592. The van der Waals surface area contributed by atoms with E-state index in [2.05, 4.69) is 133 Å². The smallest absolute Gasteiger partial charge is 0.337 e. The van der Waals surface area contributed by atoms with Crippen LogP contribution in [0.25, 0.3) is 95.3 Å². The van der Waals surface area contributed by atoms with Crippen LogP contribution in [0.3, 0.4) is 0 Å². The fraction of sp³-hybridized carbons (Fsp3) is 0.0333. The van der Waals surface area contributed by atoms with E-state index in [0.29, 0.717) is 34.1 Å². The summed E-state index contributed by atoms with van der Waals surface area (Å²) in [6.45, 7) is 0. The lowest BCUT2D eigenvalue weighted by Crippen LogP contribution is -2.01. The van der Waals surface area contributed by atoms with Crippen LogP contribution in [-0.4, -0.2) is 26.2 Å². The lowest BCUT2D eigenvalue weighted by Gasteiger charge is -2.20. The molecule has 0 radical (unpaired) electrons. The molecular formula is C60H38O6S2. The molecule has 0 amide bonds. The van der Waals surface area contributed by atoms with E-state index < -0.39 is 11.9 Å². The van der Waals surface area contributed by atoms with Gasteiger partial charge in [0.15, 0.2) is 0 Å². The zero-order valence-corrected chi connectivity index (χ0v) is 38.4. The highest BCUT2D eigenvalue weighted by Crippen LogP contribution is 2.50. The first-order valence-electron chi connectivity index (χ1n) is 22.1. The van der Waals surface area contributed by atoms with Crippen LogP contribution in [0.2, 0.25) is 0 Å². The molecule has 2 heterocycles. The van der Waals surface area contributed by atoms with Gasteiger partial charge in [-0.1, -0.05) is 109 Å². The summed E-state index contributed by atoms with van der Waals surface area (Å²) < 4.78 is 28.7. The molecule has 6 nitrogen and oxygen atoms in total. The van der Waals surface area contributed by atoms with Crippen LogP contribution in [0.4, 0.5) is 0 Å². The van der Waals surface area contributed by atoms with E-state index in [1.54, 1.807) is 48.5 Å². The van der Waals surface area contributed by atoms with Crippen LogP contribution in [0, 0.1) is 0 Å². The molecule has 12 rings (SSSR count). The van der Waals surface area contributed by atoms with Gasteiger partial charge in [0.25, 0.3) is 0 Å². The first-order valence-corrected chi connectivity index (χ1v) is 23.7. The molecule has 0 aliphatic carbocycles. The van der Waals surface area contributed by atoms with Crippen molar-refractivity contribution < 1.29 is 28.5 Å². The molecule has 10 aromatic carbocycles. The third-order valence-electron chi connectivity index (χ3n) is 12.7. The van der Waals surface area contributed by atoms with Gasteiger partial charge in [-0.05, 0) is 129 Å². The maximum atomic E-state index is 12.4. The molecule has 0 unspecified atom stereocenters. The van der Waals surface area contributed by atoms with Gasteiger partial charge in [-0.25, -0.2) is 9.59 Å². The molecule has 0 fully saturated rings. The van der Waals surface area contributed by atoms with Crippen molar-refractivity contribution in [2.75, 3.05) is 14.2 Å². The maximum absolute atomic E-state index is 12.4. The van der Waals surface area contributed by atoms with Crippen molar-refractivity contribution >= 4 is 96.5 Å². The highest BCUT2D eigenvalue weighted by atomic mass is 32.1. The van der Waals surface area contributed by atoms with E-state index in [-0.39, 0.29) is 0 Å². The largest absolute Gasteiger partial charge is 0.465 e. The molecule has 0 aliphatic rings. The predicted octanol–water partition coefficient (Wildman–Crippen LogP) is 16.9. The summed E-state index contributed by atoms with van der Waals surface area (Å²) in [4.78, 5) is 24.8. The first-order chi connectivity index (χ1) is 33.4. The van der Waals surface area contributed by atoms with Crippen LogP contribution < -0.4 is 9.47 Å². The van der Waals surface area contributed by atoms with Crippen molar-refractivity contribution in [2.45, 2.75) is 0 Å². The standard InChI is InChI=1S/C60H38O6S2/c1-63-59(61)35-17-25-41(26-18-35)65-51-31-23-37-33-39(45-11-7-13-49-47-9-3-5-15-53(47)67-57(45)49)21-29-43(37)55(51)56-44-30-22-40(46-12-8-14-50-48-10-4-6-16-54(48)68-58(46)50)34-38(44)24-32-52(56)66-42-27-19-36(20-28-42)60(62)64-2/h3-34H,1-2H3. The van der Waals surface area contributed by atoms with E-state index in [0.717, 1.165) is 43.8 Å². The van der Waals surface area contributed by atoms with Crippen molar-refractivity contribution in [2.24, 2.45) is 0 Å². The van der Waals surface area contributed by atoms with E-state index in [9.17, 15) is 9.59 Å². The topological polar surface area (TPSA) is 71.1 Å². The number of carbonyl (C=O) groups is 2. The highest BCUT2D eigenvalue weighted by Gasteiger charge is 2.23. The zero-order valence-electron chi connectivity index (χ0n) is 36.7. The van der Waals surface area contributed by atoms with Crippen LogP contribution in [-0.2, 0) is 9.47 Å². The minimum Gasteiger partial charge on any atom is -0.465 e. The molecule has 0 N–H and O–H groups in total. The van der Waals surface area contributed by atoms with Crippen LogP contribution in [0.1, 0.15) is 20.7 Å². The number of methoxy groups -OCH3 is 2. The average Bonchev–Trinajstić information content (AvgIpc) is 3.97. The number of carbonyl (C=O) groups excluding carboxylic acids is 2. The lowest BCUT2D eigenvalue weighted by atomic mass is 9.89. The number of hydrogen-bond donors (Lipinski definition) is 0. The second-order valence-corrected chi connectivity index (χ2v) is 18.7. The highest BCUT2D eigenvalue weighted by molar-refractivity contribution is 7.26. The normalized spacial score (nSPS) is 11.5. The van der Waals surface area contributed by atoms with Gasteiger partial charge in [-0.2, -0.15) is 0 Å². The van der Waals surface area contributed by atoms with Crippen LogP contribution >= 0.6 is 22.7 Å². The Morgan fingerprint density at radius 2 is 0.794 bits per heavy atom. The Balaban J connectivity index is 1.08. The molecule has 0 aliphatic heterocycles. The Morgan fingerprint density at radius 3 is 1.22 bits per heavy atom. The quantitative estimate of drug-likeness (QED) is 0.134. The van der Waals surface area contributed by atoms with Crippen molar-refractivity contribution in [3.05, 3.63) is 205 Å². The number of thiophene rings is 2. The summed E-state index contributed by atoms with van der Waals surface area (Å²) in [7, 11) is 2.74. The fourth-order valence-corrected chi connectivity index (χ4v) is 11.9. The molecule has 0 bridgehead atoms. The molecular weight excluding hydrogens is 881 g/mol. The molecule has 0 spiro atoms. The number of hydrogen-bond acceptors (Lipinski definition) is 8. The number of esters is 2. The summed E-state index contributed by atoms with van der Waals surface area (Å²) in [6, 6.07) is 65.7. The van der Waals surface area contributed by atoms with Gasteiger partial charge < -0.3 is 18.9 Å². The molecule has 0 saturated carbocycles. The summed E-state index contributed by atoms with van der Waals surface area (Å²) in [6.07, 6.45) is 0. The van der Waals surface area contributed by atoms with Crippen molar-refractivity contribution in [1.29, 1.82) is 0 Å². The molecule has 0 atom stereocenters. The van der Waals surface area contributed by atoms with Gasteiger partial charge in [0.05, 0.1) is 25.3 Å². The molecule has 12 aromatic rings. The summed E-state index contributed by atoms with van der Waals surface area (Å²) in [5.74, 6) is 1.44. The van der Waals surface area contributed by atoms with Gasteiger partial charge in [-0.15, -0.1) is 22.7 Å². The summed E-state index contributed by atoms with van der Waals surface area (Å²) >= 11 is 3.63. The maximum Gasteiger partial charge on any atom is 0.337 e. The Morgan fingerprint density at radius 1 is 0.382 bits per heavy atom. The summed E-state index contributed by atoms with van der Waals surface area (Å²) in [5.41, 5.74) is 7.05. The van der Waals surface area contributed by atoms with Gasteiger partial charge in [0.1, 0.15) is 23.0 Å². The third-order valence-corrected chi connectivity index (χ3v) is 15.1. The molecule has 326 valence electrons. The Hall–Kier alpha value is -8.30. The van der Waals surface area contributed by atoms with E-state index in [1.807, 2.05) is 34.8 Å². The second kappa shape index (κ2) is 16.8. The third kappa shape index (κ3) is 7.09. The predicted molar refractivity (Wildman–Crippen MR) is 279 cm³/mol. The first kappa shape index (κ1) is 41.2. The van der Waals surface area contributed by atoms with Crippen molar-refractivity contribution in [1.82, 2.24) is 0 Å². The molecule has 2 aromatic heterocycles. The summed E-state index contributed by atoms with van der Waals surface area (Å²) in [5, 5.41) is 8.94. The molecule has 8 heteroatoms. The van der Waals surface area contributed by atoms with Crippen molar-refractivity contribution in [3.8, 4) is 56.4 Å². The Kier molecular flexibility index (Phi) is 10.2. The van der Waals surface area contributed by atoms with Crippen LogP contribution in [0.15, 0.2) is 194 Å². The molecule has 0 saturated heterocycles. The number of benzene rings is 10. The van der Waals surface area contributed by atoms with Gasteiger partial charge in [-0.3, -0.25) is 0 Å². The average molecular weight is 919 g/mol. The minimum absolute atomic E-state index is 0.421. The molecule has 68 heavy (non-hydrogen) atoms. The van der Waals surface area contributed by atoms with Crippen molar-refractivity contribution in [3.63, 3.8) is 0 Å². The number of fused-ring (bicyclic) bond motifs is 8. The fourth-order valence-electron chi connectivity index (χ4n) is 9.40. The monoisotopic (exact) mass is 918 g/mol. The SMILES string of the molecule is COC(=O)c1ccc(Oc2ccc3cc(-c4cccc5c4sc4ccccc45)ccc3c2-c2c(Oc3ccc(C(=O)OC)cc3)ccc3cc(-c4cccc5c4sc4ccccc45)ccc23)cc1. The Bertz CT molecular complexity index is 3720. The minimum atomic E-state index is -0.426. The van der Waals surface area contributed by atoms with E-state index in [1.165, 1.54) is 65.7 Å². The van der Waals surface area contributed by atoms with E-state index in [4.69, 9.17) is 18.9 Å². The number of rotatable bonds is 9. The Labute approximate surface area is 398 Å². The van der Waals surface area contributed by atoms with Gasteiger partial charge in [0.2, 0.25) is 0 Å². The van der Waals surface area contributed by atoms with Gasteiger partial charge in [0, 0.05) is 51.5 Å². The zero-order chi connectivity index (χ0) is 45.9.